The molecule has 1 unspecified atom stereocenters. The van der Waals surface area contributed by atoms with Crippen LogP contribution in [0.15, 0.2) is 18.2 Å². The zero-order valence-electron chi connectivity index (χ0n) is 13.7. The quantitative estimate of drug-likeness (QED) is 0.442. The number of rotatable bonds is 10. The van der Waals surface area contributed by atoms with E-state index in [-0.39, 0.29) is 5.82 Å². The van der Waals surface area contributed by atoms with E-state index >= 15 is 0 Å². The van der Waals surface area contributed by atoms with Crippen molar-refractivity contribution in [2.75, 3.05) is 18.9 Å². The fourth-order valence-electron chi connectivity index (χ4n) is 2.02. The number of ether oxygens (including phenoxy) is 1. The highest BCUT2D eigenvalue weighted by molar-refractivity contribution is 7.97. The summed E-state index contributed by atoms with van der Waals surface area (Å²) in [5.41, 5.74) is 0.918. The Labute approximate surface area is 133 Å². The molecule has 0 N–H and O–H groups in total. The van der Waals surface area contributed by atoms with Gasteiger partial charge in [-0.25, -0.2) is 8.70 Å². The van der Waals surface area contributed by atoms with Gasteiger partial charge in [0.25, 0.3) is 0 Å². The van der Waals surface area contributed by atoms with E-state index in [0.717, 1.165) is 30.7 Å². The second-order valence-electron chi connectivity index (χ2n) is 5.31. The predicted molar refractivity (Wildman–Crippen MR) is 90.5 cm³/mol. The van der Waals surface area contributed by atoms with Gasteiger partial charge in [0.2, 0.25) is 0 Å². The van der Waals surface area contributed by atoms with Crippen molar-refractivity contribution in [2.45, 2.75) is 53.0 Å². The first-order valence-corrected chi connectivity index (χ1v) is 8.81. The summed E-state index contributed by atoms with van der Waals surface area (Å²) in [7, 11) is 0. The van der Waals surface area contributed by atoms with Crippen LogP contribution in [-0.4, -0.2) is 29.3 Å². The zero-order chi connectivity index (χ0) is 15.7. The first-order valence-electron chi connectivity index (χ1n) is 7.87. The van der Waals surface area contributed by atoms with Crippen LogP contribution in [0.1, 0.15) is 45.6 Å². The Hall–Kier alpha value is -0.740. The van der Waals surface area contributed by atoms with Crippen molar-refractivity contribution in [3.05, 3.63) is 29.6 Å². The summed E-state index contributed by atoms with van der Waals surface area (Å²) in [6, 6.07) is 5.72. The molecule has 0 heterocycles. The third-order valence-corrected chi connectivity index (χ3v) is 4.96. The Bertz CT molecular complexity index is 414. The highest BCUT2D eigenvalue weighted by Crippen LogP contribution is 2.19. The third kappa shape index (κ3) is 6.70. The van der Waals surface area contributed by atoms with Gasteiger partial charge in [-0.1, -0.05) is 31.9 Å². The normalized spacial score (nSPS) is 12.7. The van der Waals surface area contributed by atoms with Gasteiger partial charge in [0, 0.05) is 18.3 Å². The van der Waals surface area contributed by atoms with Crippen LogP contribution in [0.2, 0.25) is 0 Å². The number of hydrogen-bond donors (Lipinski definition) is 0. The van der Waals surface area contributed by atoms with Crippen LogP contribution in [0, 0.1) is 12.7 Å². The van der Waals surface area contributed by atoms with Gasteiger partial charge in [-0.15, -0.1) is 0 Å². The van der Waals surface area contributed by atoms with Crippen molar-refractivity contribution in [3.8, 4) is 5.75 Å². The van der Waals surface area contributed by atoms with E-state index in [2.05, 4.69) is 25.1 Å². The minimum Gasteiger partial charge on any atom is -0.491 e. The molecule has 0 saturated heterocycles. The van der Waals surface area contributed by atoms with Crippen molar-refractivity contribution in [1.82, 2.24) is 4.31 Å². The van der Waals surface area contributed by atoms with Crippen molar-refractivity contribution in [1.29, 1.82) is 0 Å². The standard InChI is InChI=1S/C17H28FNOS/c1-5-15(4)19(6-2)21-12-8-7-11-20-17-10-9-14(3)13-16(17)18/h9-10,13,15H,5-8,11-12H2,1-4H3. The van der Waals surface area contributed by atoms with Crippen molar-refractivity contribution in [3.63, 3.8) is 0 Å². The second-order valence-corrected chi connectivity index (χ2v) is 6.45. The first-order chi connectivity index (χ1) is 10.1. The molecule has 0 fully saturated rings. The third-order valence-electron chi connectivity index (χ3n) is 3.53. The van der Waals surface area contributed by atoms with E-state index in [9.17, 15) is 4.39 Å². The van der Waals surface area contributed by atoms with E-state index in [4.69, 9.17) is 4.74 Å². The van der Waals surface area contributed by atoms with Crippen molar-refractivity contribution in [2.24, 2.45) is 0 Å². The molecule has 21 heavy (non-hydrogen) atoms. The molecule has 0 aromatic heterocycles. The summed E-state index contributed by atoms with van der Waals surface area (Å²) in [6.45, 7) is 10.2. The van der Waals surface area contributed by atoms with Gasteiger partial charge in [-0.3, -0.25) is 0 Å². The summed E-state index contributed by atoms with van der Waals surface area (Å²) in [6.07, 6.45) is 3.22. The molecule has 0 aliphatic heterocycles. The number of aryl methyl sites for hydroxylation is 1. The Morgan fingerprint density at radius 2 is 2.05 bits per heavy atom. The molecule has 2 nitrogen and oxygen atoms in total. The lowest BCUT2D eigenvalue weighted by molar-refractivity contribution is 0.294. The van der Waals surface area contributed by atoms with E-state index in [1.165, 1.54) is 12.5 Å². The van der Waals surface area contributed by atoms with Crippen LogP contribution in [-0.2, 0) is 0 Å². The molecule has 1 atom stereocenters. The Morgan fingerprint density at radius 3 is 2.67 bits per heavy atom. The van der Waals surface area contributed by atoms with E-state index < -0.39 is 0 Å². The lowest BCUT2D eigenvalue weighted by atomic mass is 10.2. The molecule has 1 rings (SSSR count). The summed E-state index contributed by atoms with van der Waals surface area (Å²) in [5, 5.41) is 0. The number of unbranched alkanes of at least 4 members (excludes halogenated alkanes) is 1. The predicted octanol–water partition coefficient (Wildman–Crippen LogP) is 5.06. The molecule has 0 amide bonds. The average molecular weight is 313 g/mol. The van der Waals surface area contributed by atoms with Crippen LogP contribution in [0.3, 0.4) is 0 Å². The maximum atomic E-state index is 13.6. The lowest BCUT2D eigenvalue weighted by Crippen LogP contribution is -2.26. The molecule has 1 aromatic rings. The topological polar surface area (TPSA) is 12.5 Å². The van der Waals surface area contributed by atoms with Gasteiger partial charge in [0.15, 0.2) is 11.6 Å². The smallest absolute Gasteiger partial charge is 0.165 e. The molecular formula is C17H28FNOS. The van der Waals surface area contributed by atoms with Gasteiger partial charge in [0.1, 0.15) is 0 Å². The fourth-order valence-corrected chi connectivity index (χ4v) is 3.18. The largest absolute Gasteiger partial charge is 0.491 e. The van der Waals surface area contributed by atoms with E-state index in [1.807, 2.05) is 24.9 Å². The van der Waals surface area contributed by atoms with Crippen LogP contribution < -0.4 is 4.74 Å². The minimum absolute atomic E-state index is 0.265. The summed E-state index contributed by atoms with van der Waals surface area (Å²) < 4.78 is 21.5. The molecule has 0 bridgehead atoms. The molecule has 0 spiro atoms. The highest BCUT2D eigenvalue weighted by Gasteiger charge is 2.09. The molecule has 4 heteroatoms. The van der Waals surface area contributed by atoms with Crippen LogP contribution in [0.4, 0.5) is 4.39 Å². The fraction of sp³-hybridized carbons (Fsp3) is 0.647. The molecule has 0 aliphatic rings. The van der Waals surface area contributed by atoms with Crippen molar-refractivity contribution >= 4 is 11.9 Å². The van der Waals surface area contributed by atoms with Crippen LogP contribution in [0.25, 0.3) is 0 Å². The van der Waals surface area contributed by atoms with E-state index in [1.54, 1.807) is 6.07 Å². The maximum Gasteiger partial charge on any atom is 0.165 e. The molecule has 0 radical (unpaired) electrons. The van der Waals surface area contributed by atoms with Gasteiger partial charge >= 0.3 is 0 Å². The number of nitrogens with zero attached hydrogens (tertiary/aromatic N) is 1. The number of hydrogen-bond acceptors (Lipinski definition) is 3. The van der Waals surface area contributed by atoms with Crippen LogP contribution in [0.5, 0.6) is 5.75 Å². The summed E-state index contributed by atoms with van der Waals surface area (Å²) in [5.74, 6) is 1.19. The SMILES string of the molecule is CCC(C)N(CC)SCCCCOc1ccc(C)cc1F. The lowest BCUT2D eigenvalue weighted by Gasteiger charge is -2.25. The maximum absolute atomic E-state index is 13.6. The van der Waals surface area contributed by atoms with Gasteiger partial charge in [-0.2, -0.15) is 0 Å². The molecule has 1 aromatic carbocycles. The number of halogens is 1. The molecule has 120 valence electrons. The Balaban J connectivity index is 2.17. The van der Waals surface area contributed by atoms with Gasteiger partial charge in [0.05, 0.1) is 6.61 Å². The minimum atomic E-state index is -0.265. The number of benzene rings is 1. The monoisotopic (exact) mass is 313 g/mol. The highest BCUT2D eigenvalue weighted by atomic mass is 32.2. The summed E-state index contributed by atoms with van der Waals surface area (Å²) in [4.78, 5) is 0. The van der Waals surface area contributed by atoms with Crippen molar-refractivity contribution < 1.29 is 9.13 Å². The van der Waals surface area contributed by atoms with Crippen LogP contribution >= 0.6 is 11.9 Å². The Kier molecular flexibility index (Phi) is 8.77. The first kappa shape index (κ1) is 18.3. The zero-order valence-corrected chi connectivity index (χ0v) is 14.5. The molecule has 0 saturated carbocycles. The Morgan fingerprint density at radius 1 is 1.29 bits per heavy atom. The summed E-state index contributed by atoms with van der Waals surface area (Å²) >= 11 is 1.91. The van der Waals surface area contributed by atoms with Gasteiger partial charge in [-0.05, 0) is 50.8 Å². The molecule has 0 aliphatic carbocycles. The van der Waals surface area contributed by atoms with E-state index in [0.29, 0.717) is 18.4 Å². The molecular weight excluding hydrogens is 285 g/mol. The average Bonchev–Trinajstić information content (AvgIpc) is 2.47. The van der Waals surface area contributed by atoms with Gasteiger partial charge < -0.3 is 4.74 Å². The second kappa shape index (κ2) is 10.1.